The summed E-state index contributed by atoms with van der Waals surface area (Å²) in [4.78, 5) is 0. The maximum Gasteiger partial charge on any atom is -0.0307 e. The van der Waals surface area contributed by atoms with Gasteiger partial charge < -0.3 is 0 Å². The van der Waals surface area contributed by atoms with E-state index >= 15 is 0 Å². The average Bonchev–Trinajstić information content (AvgIpc) is 2.82. The van der Waals surface area contributed by atoms with E-state index in [1.54, 1.807) is 0 Å². The molecule has 0 radical (unpaired) electrons. The molecule has 0 spiro atoms. The van der Waals surface area contributed by atoms with E-state index in [1.165, 1.54) is 22.3 Å². The van der Waals surface area contributed by atoms with Crippen LogP contribution in [0.5, 0.6) is 0 Å². The van der Waals surface area contributed by atoms with E-state index in [2.05, 4.69) is 89.4 Å². The standard InChI is InChI=1S/C9H12.C8H10.C6H6.2C2H6.C2H4/c1-3-9-6-4-8(2)5-7-9;1-7-5-3-4-6-8(7)2;1-2-4-6-5-3-1;3*1-2/h4-7H,3H2,1-2H3;3-6H,1-2H3;1-6H;2*1-2H3;1-2H2. The Labute approximate surface area is 182 Å². The second-order valence-corrected chi connectivity index (χ2v) is 5.58. The minimum absolute atomic E-state index is 1.14. The van der Waals surface area contributed by atoms with Crippen molar-refractivity contribution in [3.8, 4) is 0 Å². The van der Waals surface area contributed by atoms with Crippen LogP contribution in [0.1, 0.15) is 56.9 Å². The molecule has 160 valence electrons. The number of rotatable bonds is 1. The minimum atomic E-state index is 1.14. The Balaban J connectivity index is -0.000000313. The summed E-state index contributed by atoms with van der Waals surface area (Å²) in [5, 5.41) is 0. The minimum Gasteiger partial charge on any atom is -0.106 e. The van der Waals surface area contributed by atoms with Crippen LogP contribution in [0.15, 0.2) is 98.1 Å². The van der Waals surface area contributed by atoms with Crippen molar-refractivity contribution >= 4 is 0 Å². The zero-order valence-electron chi connectivity index (χ0n) is 20.2. The summed E-state index contributed by atoms with van der Waals surface area (Å²) < 4.78 is 0. The fourth-order valence-electron chi connectivity index (χ4n) is 1.87. The molecule has 0 amide bonds. The normalized spacial score (nSPS) is 7.72. The molecule has 0 heteroatoms. The summed E-state index contributed by atoms with van der Waals surface area (Å²) in [6.45, 7) is 22.5. The predicted molar refractivity (Wildman–Crippen MR) is 137 cm³/mol. The molecule has 0 N–H and O–H groups in total. The van der Waals surface area contributed by atoms with Crippen LogP contribution in [0.4, 0.5) is 0 Å². The summed E-state index contributed by atoms with van der Waals surface area (Å²) in [5.41, 5.74) is 5.49. The topological polar surface area (TPSA) is 0 Å². The molecular formula is C29H44. The predicted octanol–water partition coefficient (Wildman–Crippen LogP) is 9.40. The van der Waals surface area contributed by atoms with Crippen molar-refractivity contribution < 1.29 is 0 Å². The molecule has 3 rings (SSSR count). The van der Waals surface area contributed by atoms with E-state index in [0.29, 0.717) is 0 Å². The van der Waals surface area contributed by atoms with Crippen LogP contribution in [-0.2, 0) is 6.42 Å². The first-order chi connectivity index (χ1) is 14.1. The van der Waals surface area contributed by atoms with Gasteiger partial charge in [-0.3, -0.25) is 0 Å². The first kappa shape index (κ1) is 31.1. The number of benzene rings is 3. The third-order valence-corrected chi connectivity index (χ3v) is 3.62. The van der Waals surface area contributed by atoms with Crippen LogP contribution in [0.2, 0.25) is 0 Å². The van der Waals surface area contributed by atoms with E-state index < -0.39 is 0 Å². The molecule has 3 aromatic rings. The third kappa shape index (κ3) is 20.0. The lowest BCUT2D eigenvalue weighted by Crippen LogP contribution is -1.77. The van der Waals surface area contributed by atoms with Crippen LogP contribution in [0.25, 0.3) is 0 Å². The van der Waals surface area contributed by atoms with Gasteiger partial charge >= 0.3 is 0 Å². The van der Waals surface area contributed by atoms with E-state index in [0.717, 1.165) is 6.42 Å². The SMILES string of the molecule is C=C.CC.CC.CCc1ccc(C)cc1.Cc1ccccc1C.c1ccccc1. The monoisotopic (exact) mass is 392 g/mol. The maximum absolute atomic E-state index is 3.00. The Bertz CT molecular complexity index is 603. The van der Waals surface area contributed by atoms with Crippen molar-refractivity contribution in [1.29, 1.82) is 0 Å². The lowest BCUT2D eigenvalue weighted by molar-refractivity contribution is 1.14. The van der Waals surface area contributed by atoms with Crippen molar-refractivity contribution in [1.82, 2.24) is 0 Å². The van der Waals surface area contributed by atoms with Gasteiger partial charge in [0, 0.05) is 0 Å². The lowest BCUT2D eigenvalue weighted by Gasteiger charge is -1.94. The molecule has 0 aliphatic heterocycles. The molecule has 0 saturated heterocycles. The van der Waals surface area contributed by atoms with Crippen molar-refractivity contribution in [3.63, 3.8) is 0 Å². The highest BCUT2D eigenvalue weighted by Gasteiger charge is 1.85. The highest BCUT2D eigenvalue weighted by molar-refractivity contribution is 5.23. The lowest BCUT2D eigenvalue weighted by atomic mass is 10.1. The van der Waals surface area contributed by atoms with Gasteiger partial charge in [-0.2, -0.15) is 0 Å². The molecule has 0 heterocycles. The van der Waals surface area contributed by atoms with Gasteiger partial charge in [-0.25, -0.2) is 0 Å². The highest BCUT2D eigenvalue weighted by Crippen LogP contribution is 2.03. The van der Waals surface area contributed by atoms with E-state index in [-0.39, 0.29) is 0 Å². The van der Waals surface area contributed by atoms with Crippen molar-refractivity contribution in [2.45, 2.75) is 61.8 Å². The molecule has 29 heavy (non-hydrogen) atoms. The zero-order chi connectivity index (χ0) is 22.9. The molecule has 0 nitrogen and oxygen atoms in total. The Morgan fingerprint density at radius 3 is 1.07 bits per heavy atom. The molecule has 0 atom stereocenters. The molecule has 0 unspecified atom stereocenters. The molecule has 0 aromatic heterocycles. The molecule has 0 aliphatic rings. The fraction of sp³-hybridized carbons (Fsp3) is 0.310. The Morgan fingerprint density at radius 1 is 0.517 bits per heavy atom. The van der Waals surface area contributed by atoms with Crippen molar-refractivity contribution in [2.75, 3.05) is 0 Å². The summed E-state index contributed by atoms with van der Waals surface area (Å²) in [6.07, 6.45) is 1.14. The number of hydrogen-bond acceptors (Lipinski definition) is 0. The summed E-state index contributed by atoms with van der Waals surface area (Å²) in [5.74, 6) is 0. The van der Waals surface area contributed by atoms with Crippen LogP contribution >= 0.6 is 0 Å². The van der Waals surface area contributed by atoms with Gasteiger partial charge in [0.1, 0.15) is 0 Å². The van der Waals surface area contributed by atoms with Gasteiger partial charge in [0.2, 0.25) is 0 Å². The van der Waals surface area contributed by atoms with Crippen LogP contribution in [0.3, 0.4) is 0 Å². The Morgan fingerprint density at radius 2 is 0.828 bits per heavy atom. The second kappa shape index (κ2) is 25.4. The molecule has 0 bridgehead atoms. The molecule has 0 fully saturated rings. The maximum atomic E-state index is 3.00. The molecule has 0 aliphatic carbocycles. The number of hydrogen-bond donors (Lipinski definition) is 0. The Hall–Kier alpha value is -2.60. The summed E-state index contributed by atoms with van der Waals surface area (Å²) in [7, 11) is 0. The van der Waals surface area contributed by atoms with E-state index in [1.807, 2.05) is 64.1 Å². The van der Waals surface area contributed by atoms with Crippen molar-refractivity contribution in [2.24, 2.45) is 0 Å². The van der Waals surface area contributed by atoms with Gasteiger partial charge in [0.05, 0.1) is 0 Å². The van der Waals surface area contributed by atoms with Crippen molar-refractivity contribution in [3.05, 3.63) is 120 Å². The summed E-state index contributed by atoms with van der Waals surface area (Å²) >= 11 is 0. The molecule has 3 aromatic carbocycles. The van der Waals surface area contributed by atoms with Crippen LogP contribution in [0, 0.1) is 20.8 Å². The van der Waals surface area contributed by atoms with Gasteiger partial charge in [0.15, 0.2) is 0 Å². The van der Waals surface area contributed by atoms with E-state index in [4.69, 9.17) is 0 Å². The van der Waals surface area contributed by atoms with Gasteiger partial charge in [-0.1, -0.05) is 125 Å². The molecular weight excluding hydrogens is 348 g/mol. The smallest absolute Gasteiger partial charge is 0.0307 e. The third-order valence-electron chi connectivity index (χ3n) is 3.62. The summed E-state index contributed by atoms with van der Waals surface area (Å²) in [6, 6.07) is 29.0. The largest absolute Gasteiger partial charge is 0.106 e. The zero-order valence-corrected chi connectivity index (χ0v) is 20.2. The second-order valence-electron chi connectivity index (χ2n) is 5.58. The fourth-order valence-corrected chi connectivity index (χ4v) is 1.87. The van der Waals surface area contributed by atoms with Gasteiger partial charge in [-0.15, -0.1) is 13.2 Å². The van der Waals surface area contributed by atoms with Crippen LogP contribution in [-0.4, -0.2) is 0 Å². The quantitative estimate of drug-likeness (QED) is 0.362. The van der Waals surface area contributed by atoms with Gasteiger partial charge in [0.25, 0.3) is 0 Å². The average molecular weight is 393 g/mol. The van der Waals surface area contributed by atoms with Gasteiger partial charge in [-0.05, 0) is 43.9 Å². The highest BCUT2D eigenvalue weighted by atomic mass is 13.9. The van der Waals surface area contributed by atoms with Crippen LogP contribution < -0.4 is 0 Å². The number of aryl methyl sites for hydroxylation is 4. The Kier molecular flexibility index (Phi) is 27.2. The van der Waals surface area contributed by atoms with E-state index in [9.17, 15) is 0 Å². The molecule has 0 saturated carbocycles. The first-order valence-electron chi connectivity index (χ1n) is 10.7. The first-order valence-corrected chi connectivity index (χ1v) is 10.7.